The summed E-state index contributed by atoms with van der Waals surface area (Å²) in [5.41, 5.74) is 9.68. The molecule has 0 aliphatic heterocycles. The van der Waals surface area contributed by atoms with Gasteiger partial charge in [0.1, 0.15) is 0 Å². The molecule has 3 nitrogen and oxygen atoms in total. The minimum atomic E-state index is -0.306. The predicted octanol–water partition coefficient (Wildman–Crippen LogP) is 2.39. The molecule has 0 bridgehead atoms. The summed E-state index contributed by atoms with van der Waals surface area (Å²) in [6, 6.07) is 6.18. The van der Waals surface area contributed by atoms with E-state index >= 15 is 0 Å². The Balaban J connectivity index is 2.97. The second-order valence-electron chi connectivity index (χ2n) is 5.97. The highest BCUT2D eigenvalue weighted by molar-refractivity contribution is 5.86. The van der Waals surface area contributed by atoms with E-state index in [1.165, 1.54) is 5.56 Å². The Labute approximate surface area is 114 Å². The van der Waals surface area contributed by atoms with Crippen LogP contribution in [0.5, 0.6) is 0 Å². The lowest BCUT2D eigenvalue weighted by Gasteiger charge is -2.24. The monoisotopic (exact) mass is 258 g/mol. The van der Waals surface area contributed by atoms with Crippen LogP contribution in [0.25, 0.3) is 10.9 Å². The van der Waals surface area contributed by atoms with E-state index < -0.39 is 0 Å². The standard InChI is InChI=1S/C16H22N2O/c1-10-6-7-11(2)14-12(10)8-13(15(19)18(14)5)16(3,4)9-17/h6-8H,9,17H2,1-5H3. The molecule has 0 unspecified atom stereocenters. The molecule has 0 atom stereocenters. The molecule has 1 aromatic heterocycles. The van der Waals surface area contributed by atoms with Crippen LogP contribution in [0.4, 0.5) is 0 Å². The van der Waals surface area contributed by atoms with Crippen LogP contribution in [0, 0.1) is 13.8 Å². The van der Waals surface area contributed by atoms with Gasteiger partial charge in [-0.25, -0.2) is 0 Å². The molecule has 0 spiro atoms. The summed E-state index contributed by atoms with van der Waals surface area (Å²) in [6.45, 7) is 8.60. The molecule has 2 rings (SSSR count). The highest BCUT2D eigenvalue weighted by Crippen LogP contribution is 2.26. The minimum absolute atomic E-state index is 0.0525. The van der Waals surface area contributed by atoms with E-state index in [0.29, 0.717) is 6.54 Å². The molecule has 0 aliphatic rings. The van der Waals surface area contributed by atoms with Crippen LogP contribution in [-0.2, 0) is 12.5 Å². The van der Waals surface area contributed by atoms with Crippen molar-refractivity contribution in [1.29, 1.82) is 0 Å². The van der Waals surface area contributed by atoms with E-state index in [1.54, 1.807) is 4.57 Å². The molecule has 2 N–H and O–H groups in total. The first-order valence-corrected chi connectivity index (χ1v) is 6.60. The minimum Gasteiger partial charge on any atom is -0.330 e. The zero-order chi connectivity index (χ0) is 14.4. The van der Waals surface area contributed by atoms with E-state index in [9.17, 15) is 4.79 Å². The molecule has 0 radical (unpaired) electrons. The summed E-state index contributed by atoms with van der Waals surface area (Å²) >= 11 is 0. The summed E-state index contributed by atoms with van der Waals surface area (Å²) in [4.78, 5) is 12.6. The zero-order valence-corrected chi connectivity index (χ0v) is 12.4. The summed E-state index contributed by atoms with van der Waals surface area (Å²) < 4.78 is 1.75. The van der Waals surface area contributed by atoms with Crippen LogP contribution in [0.3, 0.4) is 0 Å². The summed E-state index contributed by atoms with van der Waals surface area (Å²) in [7, 11) is 1.84. The number of hydrogen-bond acceptors (Lipinski definition) is 2. The average molecular weight is 258 g/mol. The number of nitrogens with two attached hydrogens (primary N) is 1. The first-order chi connectivity index (χ1) is 8.79. The largest absolute Gasteiger partial charge is 0.330 e. The number of nitrogens with zero attached hydrogens (tertiary/aromatic N) is 1. The third-order valence-corrected chi connectivity index (χ3v) is 4.04. The Bertz CT molecular complexity index is 696. The Kier molecular flexibility index (Phi) is 3.27. The highest BCUT2D eigenvalue weighted by Gasteiger charge is 2.24. The van der Waals surface area contributed by atoms with Gasteiger partial charge in [-0.2, -0.15) is 0 Å². The van der Waals surface area contributed by atoms with Crippen LogP contribution >= 0.6 is 0 Å². The maximum absolute atomic E-state index is 12.6. The number of benzene rings is 1. The molecule has 102 valence electrons. The van der Waals surface area contributed by atoms with Gasteiger partial charge in [-0.3, -0.25) is 4.79 Å². The number of aromatic nitrogens is 1. The van der Waals surface area contributed by atoms with Crippen LogP contribution in [0.15, 0.2) is 23.0 Å². The Morgan fingerprint density at radius 3 is 2.37 bits per heavy atom. The van der Waals surface area contributed by atoms with Gasteiger partial charge >= 0.3 is 0 Å². The van der Waals surface area contributed by atoms with Crippen molar-refractivity contribution in [3.8, 4) is 0 Å². The molecule has 1 aromatic carbocycles. The van der Waals surface area contributed by atoms with Crippen molar-refractivity contribution in [1.82, 2.24) is 4.57 Å². The predicted molar refractivity (Wildman–Crippen MR) is 80.7 cm³/mol. The molecule has 19 heavy (non-hydrogen) atoms. The molecule has 1 heterocycles. The molecule has 0 saturated heterocycles. The highest BCUT2D eigenvalue weighted by atomic mass is 16.1. The molecular formula is C16H22N2O. The molecular weight excluding hydrogens is 236 g/mol. The number of aryl methyl sites for hydroxylation is 3. The van der Waals surface area contributed by atoms with Crippen molar-refractivity contribution in [2.75, 3.05) is 6.54 Å². The topological polar surface area (TPSA) is 48.0 Å². The van der Waals surface area contributed by atoms with Gasteiger partial charge in [0, 0.05) is 30.0 Å². The maximum Gasteiger partial charge on any atom is 0.254 e. The van der Waals surface area contributed by atoms with Gasteiger partial charge in [0.25, 0.3) is 5.56 Å². The van der Waals surface area contributed by atoms with Gasteiger partial charge in [-0.05, 0) is 31.0 Å². The van der Waals surface area contributed by atoms with Crippen LogP contribution in [0.2, 0.25) is 0 Å². The SMILES string of the molecule is Cc1ccc(C)c2c1cc(C(C)(C)CN)c(=O)n2C. The quantitative estimate of drug-likeness (QED) is 0.899. The van der Waals surface area contributed by atoms with Gasteiger partial charge < -0.3 is 10.3 Å². The third-order valence-electron chi connectivity index (χ3n) is 4.04. The summed E-state index contributed by atoms with van der Waals surface area (Å²) in [5.74, 6) is 0. The van der Waals surface area contributed by atoms with Crippen molar-refractivity contribution in [3.63, 3.8) is 0 Å². The average Bonchev–Trinajstić information content (AvgIpc) is 2.37. The van der Waals surface area contributed by atoms with Crippen LogP contribution in [0.1, 0.15) is 30.5 Å². The van der Waals surface area contributed by atoms with E-state index in [0.717, 1.165) is 22.0 Å². The van der Waals surface area contributed by atoms with Crippen molar-refractivity contribution >= 4 is 10.9 Å². The Hall–Kier alpha value is -1.61. The molecule has 3 heteroatoms. The maximum atomic E-state index is 12.6. The van der Waals surface area contributed by atoms with E-state index in [2.05, 4.69) is 19.1 Å². The molecule has 0 fully saturated rings. The van der Waals surface area contributed by atoms with Gasteiger partial charge in [0.05, 0.1) is 5.52 Å². The molecule has 2 aromatic rings. The van der Waals surface area contributed by atoms with Gasteiger partial charge in [0.2, 0.25) is 0 Å². The van der Waals surface area contributed by atoms with Crippen molar-refractivity contribution in [3.05, 3.63) is 45.2 Å². The smallest absolute Gasteiger partial charge is 0.254 e. The van der Waals surface area contributed by atoms with E-state index in [-0.39, 0.29) is 11.0 Å². The molecule has 0 aliphatic carbocycles. The van der Waals surface area contributed by atoms with E-state index in [1.807, 2.05) is 33.9 Å². The number of rotatable bonds is 2. The van der Waals surface area contributed by atoms with Gasteiger partial charge in [0.15, 0.2) is 0 Å². The lowest BCUT2D eigenvalue weighted by molar-refractivity contribution is 0.529. The molecule has 0 amide bonds. The van der Waals surface area contributed by atoms with E-state index in [4.69, 9.17) is 5.73 Å². The lowest BCUT2D eigenvalue weighted by atomic mass is 9.84. The van der Waals surface area contributed by atoms with Crippen LogP contribution in [-0.4, -0.2) is 11.1 Å². The van der Waals surface area contributed by atoms with Crippen molar-refractivity contribution < 1.29 is 0 Å². The number of fused-ring (bicyclic) bond motifs is 1. The fourth-order valence-corrected chi connectivity index (χ4v) is 2.53. The second kappa shape index (κ2) is 4.49. The fraction of sp³-hybridized carbons (Fsp3) is 0.438. The lowest BCUT2D eigenvalue weighted by Crippen LogP contribution is -2.36. The number of pyridine rings is 1. The zero-order valence-electron chi connectivity index (χ0n) is 12.4. The fourth-order valence-electron chi connectivity index (χ4n) is 2.53. The van der Waals surface area contributed by atoms with Gasteiger partial charge in [-0.1, -0.05) is 26.0 Å². The second-order valence-corrected chi connectivity index (χ2v) is 5.97. The van der Waals surface area contributed by atoms with Crippen LogP contribution < -0.4 is 11.3 Å². The normalized spacial score (nSPS) is 12.1. The van der Waals surface area contributed by atoms with Crippen molar-refractivity contribution in [2.24, 2.45) is 12.8 Å². The Morgan fingerprint density at radius 1 is 1.21 bits per heavy atom. The summed E-state index contributed by atoms with van der Waals surface area (Å²) in [6.07, 6.45) is 0. The number of hydrogen-bond donors (Lipinski definition) is 1. The molecule has 0 saturated carbocycles. The summed E-state index contributed by atoms with van der Waals surface area (Å²) in [5, 5.41) is 1.14. The first kappa shape index (κ1) is 13.8. The Morgan fingerprint density at radius 2 is 1.79 bits per heavy atom. The third kappa shape index (κ3) is 2.08. The van der Waals surface area contributed by atoms with Crippen molar-refractivity contribution in [2.45, 2.75) is 33.1 Å². The first-order valence-electron chi connectivity index (χ1n) is 6.60. The van der Waals surface area contributed by atoms with Gasteiger partial charge in [-0.15, -0.1) is 0 Å².